The van der Waals surface area contributed by atoms with Gasteiger partial charge in [0.25, 0.3) is 5.91 Å². The molecule has 1 N–H and O–H groups in total. The Balaban J connectivity index is 1.94. The van der Waals surface area contributed by atoms with E-state index in [1.165, 1.54) is 11.1 Å². The topological polar surface area (TPSA) is 41.6 Å². The lowest BCUT2D eigenvalue weighted by Gasteiger charge is -2.27. The third-order valence-corrected chi connectivity index (χ3v) is 5.36. The van der Waals surface area contributed by atoms with Gasteiger partial charge >= 0.3 is 0 Å². The average Bonchev–Trinajstić information content (AvgIpc) is 2.60. The van der Waals surface area contributed by atoms with E-state index in [1.807, 2.05) is 18.2 Å². The van der Waals surface area contributed by atoms with E-state index in [-0.39, 0.29) is 11.3 Å². The first-order valence-corrected chi connectivity index (χ1v) is 9.57. The van der Waals surface area contributed by atoms with E-state index in [9.17, 15) is 4.79 Å². The molecule has 4 nitrogen and oxygen atoms in total. The van der Waals surface area contributed by atoms with Gasteiger partial charge in [0.15, 0.2) is 0 Å². The maximum Gasteiger partial charge on any atom is 0.259 e. The molecule has 0 spiro atoms. The van der Waals surface area contributed by atoms with Crippen molar-refractivity contribution in [1.29, 1.82) is 0 Å². The number of fused-ring (bicyclic) bond motifs is 1. The van der Waals surface area contributed by atoms with E-state index in [4.69, 9.17) is 16.3 Å². The monoisotopic (exact) mass is 386 g/mol. The van der Waals surface area contributed by atoms with Crippen molar-refractivity contribution in [3.8, 4) is 5.75 Å². The second kappa shape index (κ2) is 7.53. The largest absolute Gasteiger partial charge is 0.496 e. The lowest BCUT2D eigenvalue weighted by Crippen LogP contribution is -2.27. The third-order valence-electron chi connectivity index (χ3n) is 5.05. The first-order chi connectivity index (χ1) is 12.7. The zero-order valence-electron chi connectivity index (χ0n) is 16.6. The number of carbonyl (C=O) groups excluding carboxylic acids is 1. The Bertz CT molecular complexity index is 871. The minimum absolute atomic E-state index is 0.135. The van der Waals surface area contributed by atoms with Gasteiger partial charge in [0.2, 0.25) is 0 Å². The van der Waals surface area contributed by atoms with E-state index in [0.29, 0.717) is 16.3 Å². The maximum absolute atomic E-state index is 13.0. The van der Waals surface area contributed by atoms with Crippen molar-refractivity contribution in [2.45, 2.75) is 39.2 Å². The molecule has 0 aromatic heterocycles. The highest BCUT2D eigenvalue weighted by Crippen LogP contribution is 2.35. The summed E-state index contributed by atoms with van der Waals surface area (Å²) < 4.78 is 5.50. The standard InChI is InChI=1S/C22H27ClN2O2/c1-22(2,3)17-12-20(27-5)16(11-18(17)23)21(26)24-19-8-6-7-14-13-25(4)10-9-15(14)19/h6-8,11-12H,9-10,13H2,1-5H3,(H,24,26). The molecule has 0 bridgehead atoms. The Kier molecular flexibility index (Phi) is 5.50. The number of nitrogens with one attached hydrogen (secondary N) is 1. The molecule has 0 saturated heterocycles. The Morgan fingerprint density at radius 3 is 2.67 bits per heavy atom. The van der Waals surface area contributed by atoms with Crippen molar-refractivity contribution in [3.63, 3.8) is 0 Å². The summed E-state index contributed by atoms with van der Waals surface area (Å²) in [7, 11) is 3.69. The average molecular weight is 387 g/mol. The Labute approximate surface area is 166 Å². The summed E-state index contributed by atoms with van der Waals surface area (Å²) in [5.41, 5.74) is 4.60. The van der Waals surface area contributed by atoms with Gasteiger partial charge < -0.3 is 15.0 Å². The van der Waals surface area contributed by atoms with Crippen LogP contribution >= 0.6 is 11.6 Å². The van der Waals surface area contributed by atoms with Gasteiger partial charge in [-0.3, -0.25) is 4.79 Å². The van der Waals surface area contributed by atoms with Crippen LogP contribution in [0, 0.1) is 0 Å². The van der Waals surface area contributed by atoms with Crippen LogP contribution < -0.4 is 10.1 Å². The van der Waals surface area contributed by atoms with Crippen molar-refractivity contribution >= 4 is 23.2 Å². The van der Waals surface area contributed by atoms with Gasteiger partial charge in [-0.2, -0.15) is 0 Å². The summed E-state index contributed by atoms with van der Waals surface area (Å²) >= 11 is 6.48. The number of carbonyl (C=O) groups is 1. The normalized spacial score (nSPS) is 14.6. The molecule has 0 unspecified atom stereocenters. The maximum atomic E-state index is 13.0. The second-order valence-corrected chi connectivity index (χ2v) is 8.57. The van der Waals surface area contributed by atoms with Crippen molar-refractivity contribution in [3.05, 3.63) is 57.6 Å². The second-order valence-electron chi connectivity index (χ2n) is 8.17. The first kappa shape index (κ1) is 19.7. The molecular formula is C22H27ClN2O2. The molecule has 1 amide bonds. The van der Waals surface area contributed by atoms with Crippen molar-refractivity contribution in [2.75, 3.05) is 26.0 Å². The summed E-state index contributed by atoms with van der Waals surface area (Å²) in [6.45, 7) is 8.13. The van der Waals surface area contributed by atoms with Gasteiger partial charge in [0, 0.05) is 23.8 Å². The highest BCUT2D eigenvalue weighted by atomic mass is 35.5. The Morgan fingerprint density at radius 2 is 2.00 bits per heavy atom. The Hall–Kier alpha value is -2.04. The van der Waals surface area contributed by atoms with Crippen LogP contribution in [0.15, 0.2) is 30.3 Å². The number of amides is 1. The minimum Gasteiger partial charge on any atom is -0.496 e. The molecule has 3 rings (SSSR count). The van der Waals surface area contributed by atoms with Gasteiger partial charge in [-0.05, 0) is 53.8 Å². The summed E-state index contributed by atoms with van der Waals surface area (Å²) in [6.07, 6.45) is 0.920. The van der Waals surface area contributed by atoms with Crippen LogP contribution in [0.25, 0.3) is 0 Å². The predicted octanol–water partition coefficient (Wildman–Crippen LogP) is 4.89. The number of halogens is 1. The minimum atomic E-state index is -0.207. The van der Waals surface area contributed by atoms with E-state index >= 15 is 0 Å². The summed E-state index contributed by atoms with van der Waals surface area (Å²) in [5, 5.41) is 3.64. The zero-order valence-corrected chi connectivity index (χ0v) is 17.4. The van der Waals surface area contributed by atoms with Gasteiger partial charge in [0.05, 0.1) is 12.7 Å². The summed E-state index contributed by atoms with van der Waals surface area (Å²) in [4.78, 5) is 15.3. The number of methoxy groups -OCH3 is 1. The highest BCUT2D eigenvalue weighted by Gasteiger charge is 2.24. The van der Waals surface area contributed by atoms with Crippen LogP contribution in [-0.2, 0) is 18.4 Å². The van der Waals surface area contributed by atoms with Crippen LogP contribution in [0.3, 0.4) is 0 Å². The molecule has 2 aromatic rings. The van der Waals surface area contributed by atoms with Gasteiger partial charge in [-0.25, -0.2) is 0 Å². The molecule has 0 fully saturated rings. The fourth-order valence-electron chi connectivity index (χ4n) is 3.53. The molecule has 5 heteroatoms. The molecule has 0 saturated carbocycles. The number of hydrogen-bond acceptors (Lipinski definition) is 3. The van der Waals surface area contributed by atoms with Crippen LogP contribution in [0.2, 0.25) is 5.02 Å². The van der Waals surface area contributed by atoms with Crippen molar-refractivity contribution < 1.29 is 9.53 Å². The number of likely N-dealkylation sites (N-methyl/N-ethyl adjacent to an activating group) is 1. The molecular weight excluding hydrogens is 360 g/mol. The third kappa shape index (κ3) is 4.12. The molecule has 144 valence electrons. The number of ether oxygens (including phenoxy) is 1. The zero-order chi connectivity index (χ0) is 19.8. The molecule has 0 atom stereocenters. The van der Waals surface area contributed by atoms with Crippen LogP contribution in [-0.4, -0.2) is 31.5 Å². The van der Waals surface area contributed by atoms with Gasteiger partial charge in [-0.1, -0.05) is 44.5 Å². The van der Waals surface area contributed by atoms with Gasteiger partial charge in [-0.15, -0.1) is 0 Å². The van der Waals surface area contributed by atoms with E-state index < -0.39 is 0 Å². The number of hydrogen-bond donors (Lipinski definition) is 1. The van der Waals surface area contributed by atoms with Crippen LogP contribution in [0.4, 0.5) is 5.69 Å². The number of nitrogens with zero attached hydrogens (tertiary/aromatic N) is 1. The van der Waals surface area contributed by atoms with Crippen LogP contribution in [0.5, 0.6) is 5.75 Å². The molecule has 1 heterocycles. The van der Waals surface area contributed by atoms with E-state index in [0.717, 1.165) is 30.8 Å². The molecule has 1 aliphatic heterocycles. The number of benzene rings is 2. The van der Waals surface area contributed by atoms with Crippen molar-refractivity contribution in [2.24, 2.45) is 0 Å². The van der Waals surface area contributed by atoms with Gasteiger partial charge in [0.1, 0.15) is 5.75 Å². The smallest absolute Gasteiger partial charge is 0.259 e. The summed E-state index contributed by atoms with van der Waals surface area (Å²) in [5.74, 6) is 0.327. The number of rotatable bonds is 3. The molecule has 2 aromatic carbocycles. The quantitative estimate of drug-likeness (QED) is 0.816. The Morgan fingerprint density at radius 1 is 1.26 bits per heavy atom. The van der Waals surface area contributed by atoms with E-state index in [2.05, 4.69) is 44.1 Å². The molecule has 0 aliphatic carbocycles. The first-order valence-electron chi connectivity index (χ1n) is 9.19. The highest BCUT2D eigenvalue weighted by molar-refractivity contribution is 6.32. The van der Waals surface area contributed by atoms with E-state index in [1.54, 1.807) is 13.2 Å². The fourth-order valence-corrected chi connectivity index (χ4v) is 3.98. The fraction of sp³-hybridized carbons (Fsp3) is 0.409. The molecule has 0 radical (unpaired) electrons. The lowest BCUT2D eigenvalue weighted by atomic mass is 9.86. The molecule has 27 heavy (non-hydrogen) atoms. The van der Waals surface area contributed by atoms with Crippen molar-refractivity contribution in [1.82, 2.24) is 4.90 Å². The summed E-state index contributed by atoms with van der Waals surface area (Å²) in [6, 6.07) is 9.64. The van der Waals surface area contributed by atoms with Crippen LogP contribution in [0.1, 0.15) is 47.8 Å². The SMILES string of the molecule is COc1cc(C(C)(C)C)c(Cl)cc1C(=O)Nc1cccc2c1CCN(C)C2. The molecule has 1 aliphatic rings. The predicted molar refractivity (Wildman–Crippen MR) is 111 cm³/mol. The number of anilines is 1. The lowest BCUT2D eigenvalue weighted by molar-refractivity contribution is 0.102.